The van der Waals surface area contributed by atoms with Gasteiger partial charge >= 0.3 is 0 Å². The second kappa shape index (κ2) is 7.81. The number of imide groups is 1. The molecule has 1 saturated heterocycles. The average Bonchev–Trinajstić information content (AvgIpc) is 2.96. The van der Waals surface area contributed by atoms with Crippen LogP contribution in [-0.4, -0.2) is 26.7 Å². The topological polar surface area (TPSA) is 57.6 Å². The number of rotatable bonds is 3. The molecule has 34 heavy (non-hydrogen) atoms. The molecule has 0 radical (unpaired) electrons. The van der Waals surface area contributed by atoms with Crippen molar-refractivity contribution in [2.24, 2.45) is 0 Å². The first-order chi connectivity index (χ1) is 15.8. The third-order valence-corrected chi connectivity index (χ3v) is 7.60. The zero-order chi connectivity index (χ0) is 25.3. The molecular formula is C23H14Cl2F5NO3. The van der Waals surface area contributed by atoms with Crippen molar-refractivity contribution in [2.75, 3.05) is 4.90 Å². The molecule has 0 saturated carbocycles. The Balaban J connectivity index is 2.00. The van der Waals surface area contributed by atoms with E-state index in [1.807, 2.05) is 0 Å². The Hall–Kier alpha value is -2.91. The molecule has 0 bridgehead atoms. The summed E-state index contributed by atoms with van der Waals surface area (Å²) in [6, 6.07) is 4.16. The van der Waals surface area contributed by atoms with E-state index in [0.717, 1.165) is 0 Å². The van der Waals surface area contributed by atoms with E-state index in [2.05, 4.69) is 6.58 Å². The molecular weight excluding hydrogens is 504 g/mol. The Morgan fingerprint density at radius 2 is 1.59 bits per heavy atom. The molecule has 2 aromatic rings. The number of hydrogen-bond donors (Lipinski definition) is 1. The lowest BCUT2D eigenvalue weighted by Gasteiger charge is -2.42. The molecule has 1 aliphatic heterocycles. The zero-order valence-electron chi connectivity index (χ0n) is 17.2. The summed E-state index contributed by atoms with van der Waals surface area (Å²) in [4.78, 5) is 21.9. The summed E-state index contributed by atoms with van der Waals surface area (Å²) in [6.45, 7) is 5.21. The van der Waals surface area contributed by atoms with Gasteiger partial charge < -0.3 is 5.11 Å². The van der Waals surface area contributed by atoms with E-state index < -0.39 is 68.7 Å². The van der Waals surface area contributed by atoms with Crippen LogP contribution in [0.25, 0.3) is 0 Å². The van der Waals surface area contributed by atoms with Crippen LogP contribution < -0.4 is 4.90 Å². The Bertz CT molecular complexity index is 1300. The number of aryl methyl sites for hydroxylation is 1. The van der Waals surface area contributed by atoms with Crippen molar-refractivity contribution in [2.45, 2.75) is 29.0 Å². The number of alkyl halides is 2. The zero-order valence-corrected chi connectivity index (χ0v) is 18.7. The highest BCUT2D eigenvalue weighted by molar-refractivity contribution is 6.58. The van der Waals surface area contributed by atoms with Crippen molar-refractivity contribution in [1.29, 1.82) is 0 Å². The molecule has 11 heteroatoms. The van der Waals surface area contributed by atoms with Gasteiger partial charge in [-0.1, -0.05) is 30.9 Å². The molecule has 2 aliphatic rings. The minimum Gasteiger partial charge on any atom is -0.508 e. The number of carbonyl (C=O) groups is 2. The van der Waals surface area contributed by atoms with Crippen molar-refractivity contribution < 1.29 is 36.6 Å². The van der Waals surface area contributed by atoms with Crippen LogP contribution in [0, 0.1) is 36.0 Å². The maximum Gasteiger partial charge on any atom is 0.258 e. The second-order valence-corrected chi connectivity index (χ2v) is 9.21. The van der Waals surface area contributed by atoms with Crippen molar-refractivity contribution in [3.8, 4) is 5.75 Å². The monoisotopic (exact) mass is 517 g/mol. The SMILES string of the molecule is C=CC1=CCC2(Cl)C(=O)N(c3c(F)c(F)c(F)c(F)c3F)C(=O)C2(Cl)C1c1ccc(O)c(C)c1. The normalized spacial score (nSPS) is 26.5. The number of hydrogen-bond acceptors (Lipinski definition) is 3. The predicted octanol–water partition coefficient (Wildman–Crippen LogP) is 5.52. The van der Waals surface area contributed by atoms with Gasteiger partial charge in [-0.3, -0.25) is 9.59 Å². The van der Waals surface area contributed by atoms with Crippen LogP contribution in [0.15, 0.2) is 42.5 Å². The summed E-state index contributed by atoms with van der Waals surface area (Å²) < 4.78 is 70.5. The van der Waals surface area contributed by atoms with Crippen molar-refractivity contribution in [3.05, 3.63) is 82.7 Å². The second-order valence-electron chi connectivity index (χ2n) is 7.97. The van der Waals surface area contributed by atoms with Gasteiger partial charge in [-0.2, -0.15) is 0 Å². The maximum atomic E-state index is 14.6. The Labute approximate surface area is 199 Å². The van der Waals surface area contributed by atoms with E-state index in [4.69, 9.17) is 23.2 Å². The lowest BCUT2D eigenvalue weighted by Crippen LogP contribution is -2.54. The number of phenols is 1. The number of anilines is 1. The van der Waals surface area contributed by atoms with Gasteiger partial charge in [0.25, 0.3) is 11.8 Å². The van der Waals surface area contributed by atoms with Crippen LogP contribution in [0.5, 0.6) is 5.75 Å². The smallest absolute Gasteiger partial charge is 0.258 e. The van der Waals surface area contributed by atoms with E-state index in [0.29, 0.717) is 16.7 Å². The molecule has 1 heterocycles. The van der Waals surface area contributed by atoms with Gasteiger partial charge in [0.05, 0.1) is 0 Å². The van der Waals surface area contributed by atoms with Crippen molar-refractivity contribution in [3.63, 3.8) is 0 Å². The molecule has 1 aliphatic carbocycles. The molecule has 3 unspecified atom stereocenters. The van der Waals surface area contributed by atoms with Crippen LogP contribution in [0.3, 0.4) is 0 Å². The van der Waals surface area contributed by atoms with Gasteiger partial charge in [-0.15, -0.1) is 23.2 Å². The summed E-state index contributed by atoms with van der Waals surface area (Å²) in [5, 5.41) is 9.88. The fourth-order valence-electron chi connectivity index (χ4n) is 4.43. The van der Waals surface area contributed by atoms with Crippen LogP contribution in [0.2, 0.25) is 0 Å². The predicted molar refractivity (Wildman–Crippen MR) is 114 cm³/mol. The van der Waals surface area contributed by atoms with Crippen molar-refractivity contribution in [1.82, 2.24) is 0 Å². The van der Waals surface area contributed by atoms with Gasteiger partial charge in [0, 0.05) is 5.92 Å². The molecule has 1 N–H and O–H groups in total. The number of amides is 2. The molecule has 4 rings (SSSR count). The molecule has 0 aromatic heterocycles. The largest absolute Gasteiger partial charge is 0.508 e. The fraction of sp³-hybridized carbons (Fsp3) is 0.217. The van der Waals surface area contributed by atoms with E-state index in [-0.39, 0.29) is 10.6 Å². The average molecular weight is 518 g/mol. The first-order valence-electron chi connectivity index (χ1n) is 9.73. The summed E-state index contributed by atoms with van der Waals surface area (Å²) in [6.07, 6.45) is 2.39. The van der Waals surface area contributed by atoms with E-state index in [1.165, 1.54) is 30.4 Å². The maximum absolute atomic E-state index is 14.6. The summed E-state index contributed by atoms with van der Waals surface area (Å²) >= 11 is 13.4. The first-order valence-corrected chi connectivity index (χ1v) is 10.5. The fourth-order valence-corrected chi connectivity index (χ4v) is 5.27. The molecule has 3 atom stereocenters. The van der Waals surface area contributed by atoms with Crippen molar-refractivity contribution >= 4 is 40.7 Å². The van der Waals surface area contributed by atoms with E-state index >= 15 is 0 Å². The highest BCUT2D eigenvalue weighted by atomic mass is 35.5. The standard InChI is InChI=1S/C23H14Cl2F5NO3/c1-3-10-6-7-22(24)20(33)31(19-17(29)15(27)14(26)16(28)18(19)30)21(34)23(22,25)13(10)11-4-5-12(32)9(2)8-11/h3-6,8,13,32H,1,7H2,2H3. The number of phenolic OH excluding ortho intramolecular Hbond substituents is 1. The van der Waals surface area contributed by atoms with E-state index in [1.54, 1.807) is 6.92 Å². The van der Waals surface area contributed by atoms with Gasteiger partial charge in [0.2, 0.25) is 5.82 Å². The minimum absolute atomic E-state index is 0.0821. The summed E-state index contributed by atoms with van der Waals surface area (Å²) in [5.41, 5.74) is -0.764. The number of nitrogens with zero attached hydrogens (tertiary/aromatic N) is 1. The number of benzene rings is 2. The first kappa shape index (κ1) is 24.2. The number of allylic oxidation sites excluding steroid dienone is 3. The van der Waals surface area contributed by atoms with Gasteiger partial charge in [-0.25, -0.2) is 26.9 Å². The number of carbonyl (C=O) groups excluding carboxylic acids is 2. The van der Waals surface area contributed by atoms with Crippen LogP contribution >= 0.6 is 23.2 Å². The molecule has 0 spiro atoms. The Kier molecular flexibility index (Phi) is 5.57. The van der Waals surface area contributed by atoms with E-state index in [9.17, 15) is 36.6 Å². The third kappa shape index (κ3) is 2.89. The summed E-state index contributed by atoms with van der Waals surface area (Å²) in [7, 11) is 0. The number of fused-ring (bicyclic) bond motifs is 1. The molecule has 1 fully saturated rings. The summed E-state index contributed by atoms with van der Waals surface area (Å²) in [5.74, 6) is -16.1. The van der Waals surface area contributed by atoms with Crippen LogP contribution in [0.4, 0.5) is 27.6 Å². The van der Waals surface area contributed by atoms with Gasteiger partial charge in [0.1, 0.15) is 11.4 Å². The van der Waals surface area contributed by atoms with Crippen LogP contribution in [-0.2, 0) is 9.59 Å². The molecule has 2 amide bonds. The molecule has 2 aromatic carbocycles. The number of halogens is 7. The van der Waals surface area contributed by atoms with Crippen LogP contribution in [0.1, 0.15) is 23.5 Å². The Morgan fingerprint density at radius 1 is 1.03 bits per heavy atom. The molecule has 178 valence electrons. The Morgan fingerprint density at radius 3 is 2.12 bits per heavy atom. The highest BCUT2D eigenvalue weighted by Crippen LogP contribution is 2.60. The minimum atomic E-state index is -2.45. The lowest BCUT2D eigenvalue weighted by molar-refractivity contribution is -0.122. The van der Waals surface area contributed by atoms with Gasteiger partial charge in [0.15, 0.2) is 33.0 Å². The number of aromatic hydroxyl groups is 1. The quantitative estimate of drug-likeness (QED) is 0.191. The third-order valence-electron chi connectivity index (χ3n) is 6.18. The molecule has 4 nitrogen and oxygen atoms in total. The lowest BCUT2D eigenvalue weighted by atomic mass is 9.68. The van der Waals surface area contributed by atoms with Gasteiger partial charge in [-0.05, 0) is 36.1 Å². The highest BCUT2D eigenvalue weighted by Gasteiger charge is 2.73.